The van der Waals surface area contributed by atoms with Crippen LogP contribution in [0, 0.1) is 0 Å². The molecule has 0 aromatic heterocycles. The molecule has 0 bridgehead atoms. The van der Waals surface area contributed by atoms with Gasteiger partial charge in [0.05, 0.1) is 0 Å². The monoisotopic (exact) mass is 276 g/mol. The fourth-order valence-electron chi connectivity index (χ4n) is 0.750. The molecule has 0 rings (SSSR count). The van der Waals surface area contributed by atoms with Gasteiger partial charge in [-0.05, 0) is 18.1 Å². The molecule has 0 unspecified atom stereocenters. The first kappa shape index (κ1) is 29.3. The van der Waals surface area contributed by atoms with Crippen LogP contribution in [0.3, 0.4) is 0 Å². The Morgan fingerprint density at radius 2 is 1.00 bits per heavy atom. The molecule has 0 saturated heterocycles. The Balaban J connectivity index is -0.0000000408. The third-order valence-electron chi connectivity index (χ3n) is 1.97. The summed E-state index contributed by atoms with van der Waals surface area (Å²) in [5.74, 6) is 0. The zero-order valence-corrected chi connectivity index (χ0v) is 11.5. The third-order valence-corrected chi connectivity index (χ3v) is 5.92. The van der Waals surface area contributed by atoms with Crippen molar-refractivity contribution in [3.05, 3.63) is 0 Å². The van der Waals surface area contributed by atoms with Crippen molar-refractivity contribution in [2.45, 2.75) is 38.9 Å². The molecule has 0 aromatic carbocycles. The molecule has 0 amide bonds. The van der Waals surface area contributed by atoms with Crippen LogP contribution in [-0.4, -0.2) is 29.5 Å². The van der Waals surface area contributed by atoms with E-state index in [1.807, 2.05) is 0 Å². The van der Waals surface area contributed by atoms with Crippen LogP contribution in [0.1, 0.15) is 20.8 Å². The summed E-state index contributed by atoms with van der Waals surface area (Å²) in [7, 11) is -1.67. The van der Waals surface area contributed by atoms with Crippen molar-refractivity contribution in [3.63, 3.8) is 0 Å². The van der Waals surface area contributed by atoms with Gasteiger partial charge in [0.2, 0.25) is 0 Å². The van der Waals surface area contributed by atoms with E-state index in [1.54, 1.807) is 0 Å². The van der Waals surface area contributed by atoms with Crippen LogP contribution in [0.15, 0.2) is 0 Å². The first-order valence-electron chi connectivity index (χ1n) is 3.41. The van der Waals surface area contributed by atoms with Crippen LogP contribution >= 0.6 is 0 Å². The number of hydrogen-bond acceptors (Lipinski definition) is 1. The van der Waals surface area contributed by atoms with Crippen molar-refractivity contribution < 1.29 is 47.4 Å². The van der Waals surface area contributed by atoms with Gasteiger partial charge in [-0.1, -0.05) is 20.8 Å². The van der Waals surface area contributed by atoms with Gasteiger partial charge in [0.25, 0.3) is 0 Å². The molecule has 0 atom stereocenters. The Morgan fingerprint density at radius 3 is 1.00 bits per heavy atom. The van der Waals surface area contributed by atoms with Crippen molar-refractivity contribution in [1.82, 2.24) is 0 Å². The Labute approximate surface area is 94.6 Å². The van der Waals surface area contributed by atoms with E-state index in [0.29, 0.717) is 0 Å². The van der Waals surface area contributed by atoms with Gasteiger partial charge in [-0.25, -0.2) is 0 Å². The van der Waals surface area contributed by atoms with Crippen LogP contribution in [0.2, 0.25) is 18.1 Å². The van der Waals surface area contributed by atoms with Crippen molar-refractivity contribution in [2.24, 2.45) is 0 Å². The smallest absolute Gasteiger partial charge is 0.187 e. The van der Waals surface area contributed by atoms with Crippen molar-refractivity contribution in [1.29, 1.82) is 0 Å². The average Bonchev–Trinajstić information content (AvgIpc) is 1.87. The predicted molar refractivity (Wildman–Crippen MR) is 50.3 cm³/mol. The predicted octanol–water partition coefficient (Wildman–Crippen LogP) is -0.493. The van der Waals surface area contributed by atoms with E-state index in [2.05, 4.69) is 20.8 Å². The summed E-state index contributed by atoms with van der Waals surface area (Å²) in [6.07, 6.45) is 0. The van der Waals surface area contributed by atoms with Gasteiger partial charge in [0.1, 0.15) is 0 Å². The fraction of sp³-hybridized carbons (Fsp3) is 1.00. The van der Waals surface area contributed by atoms with E-state index in [9.17, 15) is 4.80 Å². The van der Waals surface area contributed by atoms with Gasteiger partial charge in [-0.15, -0.1) is 0 Å². The number of hydrogen-bond donors (Lipinski definition) is 1. The van der Waals surface area contributed by atoms with E-state index in [0.717, 1.165) is 18.1 Å². The van der Waals surface area contributed by atoms with Crippen LogP contribution in [0.25, 0.3) is 0 Å². The number of rotatable bonds is 3. The summed E-state index contributed by atoms with van der Waals surface area (Å²) in [4.78, 5) is 9.58. The van der Waals surface area contributed by atoms with E-state index in [-0.39, 0.29) is 42.6 Å². The summed E-state index contributed by atoms with van der Waals surface area (Å²) < 4.78 is 0. The zero-order valence-electron chi connectivity index (χ0n) is 8.07. The Kier molecular flexibility index (Phi) is 35.3. The molecular formula is C6H22O4SiZr. The summed E-state index contributed by atoms with van der Waals surface area (Å²) in [6, 6.07) is 3.04. The molecule has 0 aliphatic rings. The molecule has 0 saturated carbocycles. The van der Waals surface area contributed by atoms with Gasteiger partial charge in [0, 0.05) is 26.2 Å². The van der Waals surface area contributed by atoms with Gasteiger partial charge in [-0.3, -0.25) is 0 Å². The van der Waals surface area contributed by atoms with Crippen LogP contribution < -0.4 is 0 Å². The first-order valence-corrected chi connectivity index (χ1v) is 5.97. The second kappa shape index (κ2) is 14.5. The van der Waals surface area contributed by atoms with Crippen molar-refractivity contribution >= 4 is 8.32 Å². The Hall–Kier alpha value is 0.940. The minimum atomic E-state index is -1.67. The van der Waals surface area contributed by atoms with E-state index in [4.69, 9.17) is 0 Å². The Morgan fingerprint density at radius 1 is 0.833 bits per heavy atom. The molecule has 0 fully saturated rings. The molecule has 0 radical (unpaired) electrons. The van der Waals surface area contributed by atoms with Crippen LogP contribution in [0.5, 0.6) is 0 Å². The maximum atomic E-state index is 9.58. The molecule has 0 heterocycles. The molecule has 78 valence electrons. The quantitative estimate of drug-likeness (QED) is 0.689. The van der Waals surface area contributed by atoms with E-state index < -0.39 is 8.32 Å². The standard InChI is InChI=1S/C6H16OSi.3H2O.Zr/c1-4-8(7,5-2)6-3;;;;/h7H,4-6H2,1-3H3;3*1H2;. The topological polar surface area (TPSA) is 115 Å². The fourth-order valence-corrected chi connectivity index (χ4v) is 2.25. The van der Waals surface area contributed by atoms with Crippen molar-refractivity contribution in [3.8, 4) is 0 Å². The van der Waals surface area contributed by atoms with Gasteiger partial charge < -0.3 is 21.2 Å². The van der Waals surface area contributed by atoms with Crippen LogP contribution in [-0.2, 0) is 26.2 Å². The van der Waals surface area contributed by atoms with E-state index in [1.165, 1.54) is 0 Å². The summed E-state index contributed by atoms with van der Waals surface area (Å²) in [5.41, 5.74) is 0. The van der Waals surface area contributed by atoms with Gasteiger partial charge >= 0.3 is 0 Å². The summed E-state index contributed by atoms with van der Waals surface area (Å²) in [6.45, 7) is 6.25. The molecule has 0 aromatic rings. The van der Waals surface area contributed by atoms with Crippen molar-refractivity contribution in [2.75, 3.05) is 0 Å². The average molecular weight is 278 g/mol. The molecule has 6 heteroatoms. The van der Waals surface area contributed by atoms with Crippen LogP contribution in [0.4, 0.5) is 0 Å². The summed E-state index contributed by atoms with van der Waals surface area (Å²) in [5, 5.41) is 0. The zero-order chi connectivity index (χ0) is 6.62. The second-order valence-electron chi connectivity index (χ2n) is 2.29. The molecule has 7 N–H and O–H groups in total. The second-order valence-corrected chi connectivity index (χ2v) is 6.86. The molecule has 0 spiro atoms. The minimum Gasteiger partial charge on any atom is -0.432 e. The SMILES string of the molecule is CC[Si](O)(CC)CC.O.O.O.[Zr]. The molecule has 4 nitrogen and oxygen atoms in total. The van der Waals surface area contributed by atoms with E-state index >= 15 is 0 Å². The summed E-state index contributed by atoms with van der Waals surface area (Å²) >= 11 is 0. The molecule has 12 heavy (non-hydrogen) atoms. The maximum Gasteiger partial charge on any atom is 0.187 e. The maximum absolute atomic E-state index is 9.58. The minimum absolute atomic E-state index is 0. The Bertz CT molecular complexity index is 62.3. The molecular weight excluding hydrogens is 255 g/mol. The molecule has 0 aliphatic carbocycles. The normalized spacial score (nSPS) is 8.00. The largest absolute Gasteiger partial charge is 0.432 e. The molecule has 0 aliphatic heterocycles. The third kappa shape index (κ3) is 10.9. The van der Waals surface area contributed by atoms with Gasteiger partial charge in [0.15, 0.2) is 8.32 Å². The van der Waals surface area contributed by atoms with Gasteiger partial charge in [-0.2, -0.15) is 0 Å². The first-order chi connectivity index (χ1) is 3.68.